The molecule has 1 aromatic heterocycles. The number of aromatic nitrogens is 1. The average Bonchev–Trinajstić information content (AvgIpc) is 3.14. The largest absolute Gasteiger partial charge is 0.489 e. The summed E-state index contributed by atoms with van der Waals surface area (Å²) in [6, 6.07) is 22.6. The molecular weight excluding hydrogens is 401 g/mol. The summed E-state index contributed by atoms with van der Waals surface area (Å²) in [7, 11) is 0. The second-order valence-electron chi connectivity index (χ2n) is 6.49. The van der Waals surface area contributed by atoms with Gasteiger partial charge in [0.05, 0.1) is 0 Å². The van der Waals surface area contributed by atoms with Gasteiger partial charge in [-0.05, 0) is 54.1 Å². The number of hydrogen-bond donors (Lipinski definition) is 2. The zero-order valence-corrected chi connectivity index (χ0v) is 16.7. The lowest BCUT2D eigenvalue weighted by Crippen LogP contribution is -2.03. The third-order valence-electron chi connectivity index (χ3n) is 4.32. The topological polar surface area (TPSA) is 77.2 Å². The van der Waals surface area contributed by atoms with Crippen LogP contribution in [0.3, 0.4) is 0 Å². The first-order valence-electron chi connectivity index (χ1n) is 9.19. The summed E-state index contributed by atoms with van der Waals surface area (Å²) in [5, 5.41) is 3.49. The molecule has 7 heteroatoms. The van der Waals surface area contributed by atoms with Crippen LogP contribution in [0.2, 0.25) is 0 Å². The molecule has 0 unspecified atom stereocenters. The van der Waals surface area contributed by atoms with Crippen molar-refractivity contribution in [3.63, 3.8) is 0 Å². The minimum absolute atomic E-state index is 0.152. The van der Waals surface area contributed by atoms with Crippen LogP contribution in [-0.4, -0.2) is 10.8 Å². The van der Waals surface area contributed by atoms with E-state index in [1.165, 1.54) is 12.1 Å². The zero-order chi connectivity index (χ0) is 20.9. The molecule has 0 amide bonds. The van der Waals surface area contributed by atoms with E-state index in [9.17, 15) is 9.18 Å². The second-order valence-corrected chi connectivity index (χ2v) is 7.49. The van der Waals surface area contributed by atoms with E-state index in [0.717, 1.165) is 16.9 Å². The maximum Gasteiger partial charge on any atom is 0.206 e. The fourth-order valence-electron chi connectivity index (χ4n) is 2.78. The SMILES string of the molecule is Nc1nc(Nc2ccc(F)cc2)sc1C(=O)c1ccc(OCc2ccccc2)cc1. The Morgan fingerprint density at radius 1 is 1.00 bits per heavy atom. The Morgan fingerprint density at radius 2 is 1.70 bits per heavy atom. The molecule has 0 bridgehead atoms. The predicted molar refractivity (Wildman–Crippen MR) is 117 cm³/mol. The van der Waals surface area contributed by atoms with E-state index in [4.69, 9.17) is 10.5 Å². The first-order valence-corrected chi connectivity index (χ1v) is 10.0. The van der Waals surface area contributed by atoms with Crippen LogP contribution in [0.5, 0.6) is 5.75 Å². The van der Waals surface area contributed by atoms with Gasteiger partial charge in [-0.3, -0.25) is 4.79 Å². The molecule has 4 rings (SSSR count). The number of rotatable bonds is 7. The highest BCUT2D eigenvalue weighted by atomic mass is 32.1. The second kappa shape index (κ2) is 8.75. The zero-order valence-electron chi connectivity index (χ0n) is 15.8. The summed E-state index contributed by atoms with van der Waals surface area (Å²) in [5.74, 6) is 0.281. The number of hydrogen-bond acceptors (Lipinski definition) is 6. The van der Waals surface area contributed by atoms with Crippen LogP contribution >= 0.6 is 11.3 Å². The summed E-state index contributed by atoms with van der Waals surface area (Å²) >= 11 is 1.15. The van der Waals surface area contributed by atoms with Gasteiger partial charge in [-0.2, -0.15) is 0 Å². The van der Waals surface area contributed by atoms with Crippen molar-refractivity contribution < 1.29 is 13.9 Å². The molecule has 0 radical (unpaired) electrons. The third kappa shape index (κ3) is 4.64. The molecule has 3 aromatic carbocycles. The van der Waals surface area contributed by atoms with Crippen molar-refractivity contribution in [1.82, 2.24) is 4.98 Å². The van der Waals surface area contributed by atoms with Gasteiger partial charge in [0, 0.05) is 11.3 Å². The number of nitrogens with one attached hydrogen (secondary N) is 1. The molecule has 0 aliphatic heterocycles. The normalized spacial score (nSPS) is 10.6. The highest BCUT2D eigenvalue weighted by Gasteiger charge is 2.18. The number of thiazole rings is 1. The van der Waals surface area contributed by atoms with E-state index in [2.05, 4.69) is 10.3 Å². The van der Waals surface area contributed by atoms with Crippen LogP contribution in [0.15, 0.2) is 78.9 Å². The van der Waals surface area contributed by atoms with Crippen molar-refractivity contribution in [3.8, 4) is 5.75 Å². The molecule has 150 valence electrons. The standard InChI is InChI=1S/C23H18FN3O2S/c24-17-8-10-18(11-9-17)26-23-27-22(25)21(30-23)20(28)16-6-12-19(13-7-16)29-14-15-4-2-1-3-5-15/h1-13H,14,25H2,(H,26,27). The fraction of sp³-hybridized carbons (Fsp3) is 0.0435. The monoisotopic (exact) mass is 419 g/mol. The number of halogens is 1. The van der Waals surface area contributed by atoms with Crippen LogP contribution in [0.25, 0.3) is 0 Å². The molecule has 0 spiro atoms. The van der Waals surface area contributed by atoms with Gasteiger partial charge in [-0.15, -0.1) is 0 Å². The van der Waals surface area contributed by atoms with Crippen LogP contribution in [0, 0.1) is 5.82 Å². The smallest absolute Gasteiger partial charge is 0.206 e. The van der Waals surface area contributed by atoms with Crippen molar-refractivity contribution in [2.45, 2.75) is 6.61 Å². The molecule has 0 fully saturated rings. The van der Waals surface area contributed by atoms with Crippen molar-refractivity contribution in [2.75, 3.05) is 11.1 Å². The molecule has 1 heterocycles. The van der Waals surface area contributed by atoms with E-state index in [0.29, 0.717) is 33.6 Å². The third-order valence-corrected chi connectivity index (χ3v) is 5.31. The number of benzene rings is 3. The van der Waals surface area contributed by atoms with Crippen LogP contribution in [0.4, 0.5) is 21.0 Å². The number of nitrogen functional groups attached to an aromatic ring is 1. The molecule has 30 heavy (non-hydrogen) atoms. The quantitative estimate of drug-likeness (QED) is 0.391. The number of nitrogens with zero attached hydrogens (tertiary/aromatic N) is 1. The Balaban J connectivity index is 1.43. The molecule has 3 N–H and O–H groups in total. The van der Waals surface area contributed by atoms with Gasteiger partial charge in [0.15, 0.2) is 5.13 Å². The first-order chi connectivity index (χ1) is 14.6. The first kappa shape index (κ1) is 19.6. The van der Waals surface area contributed by atoms with Gasteiger partial charge in [0.25, 0.3) is 0 Å². The van der Waals surface area contributed by atoms with Crippen LogP contribution in [0.1, 0.15) is 20.8 Å². The lowest BCUT2D eigenvalue weighted by Gasteiger charge is -2.07. The summed E-state index contributed by atoms with van der Waals surface area (Å²) < 4.78 is 18.8. The van der Waals surface area contributed by atoms with E-state index in [1.54, 1.807) is 36.4 Å². The summed E-state index contributed by atoms with van der Waals surface area (Å²) in [6.45, 7) is 0.453. The summed E-state index contributed by atoms with van der Waals surface area (Å²) in [6.07, 6.45) is 0. The van der Waals surface area contributed by atoms with Crippen molar-refractivity contribution in [1.29, 1.82) is 0 Å². The maximum atomic E-state index is 13.0. The average molecular weight is 419 g/mol. The molecule has 0 aliphatic rings. The molecule has 0 aliphatic carbocycles. The number of anilines is 3. The van der Waals surface area contributed by atoms with Crippen LogP contribution in [-0.2, 0) is 6.61 Å². The van der Waals surface area contributed by atoms with Gasteiger partial charge >= 0.3 is 0 Å². The Morgan fingerprint density at radius 3 is 2.40 bits per heavy atom. The van der Waals surface area contributed by atoms with E-state index < -0.39 is 0 Å². The summed E-state index contributed by atoms with van der Waals surface area (Å²) in [4.78, 5) is 17.4. The van der Waals surface area contributed by atoms with Gasteiger partial charge in [-0.25, -0.2) is 9.37 Å². The van der Waals surface area contributed by atoms with Crippen molar-refractivity contribution >= 4 is 33.8 Å². The molecule has 4 aromatic rings. The fourth-order valence-corrected chi connectivity index (χ4v) is 3.65. The minimum atomic E-state index is -0.328. The van der Waals surface area contributed by atoms with Gasteiger partial charge in [0.1, 0.15) is 28.9 Å². The highest BCUT2D eigenvalue weighted by molar-refractivity contribution is 7.18. The Hall–Kier alpha value is -3.71. The Labute approximate surface area is 177 Å². The molecular formula is C23H18FN3O2S. The van der Waals surface area contributed by atoms with E-state index >= 15 is 0 Å². The van der Waals surface area contributed by atoms with Crippen LogP contribution < -0.4 is 15.8 Å². The van der Waals surface area contributed by atoms with E-state index in [1.807, 2.05) is 30.3 Å². The molecule has 0 atom stereocenters. The van der Waals surface area contributed by atoms with Crippen molar-refractivity contribution in [3.05, 3.63) is 101 Å². The lowest BCUT2D eigenvalue weighted by atomic mass is 10.1. The Bertz CT molecular complexity index is 1140. The van der Waals surface area contributed by atoms with E-state index in [-0.39, 0.29) is 17.4 Å². The van der Waals surface area contributed by atoms with Gasteiger partial charge in [-0.1, -0.05) is 41.7 Å². The minimum Gasteiger partial charge on any atom is -0.489 e. The van der Waals surface area contributed by atoms with Gasteiger partial charge < -0.3 is 15.8 Å². The summed E-state index contributed by atoms with van der Waals surface area (Å²) in [5.41, 5.74) is 8.17. The lowest BCUT2D eigenvalue weighted by molar-refractivity contribution is 0.104. The van der Waals surface area contributed by atoms with Crippen molar-refractivity contribution in [2.24, 2.45) is 0 Å². The Kier molecular flexibility index (Phi) is 5.72. The molecule has 0 saturated heterocycles. The molecule has 0 saturated carbocycles. The maximum absolute atomic E-state index is 13.0. The number of carbonyl (C=O) groups excluding carboxylic acids is 1. The number of ketones is 1. The number of nitrogens with two attached hydrogens (primary N) is 1. The number of ether oxygens (including phenoxy) is 1. The highest BCUT2D eigenvalue weighted by Crippen LogP contribution is 2.30. The molecule has 5 nitrogen and oxygen atoms in total. The van der Waals surface area contributed by atoms with Gasteiger partial charge in [0.2, 0.25) is 5.78 Å². The number of carbonyl (C=O) groups is 1. The predicted octanol–water partition coefficient (Wildman–Crippen LogP) is 5.42.